The maximum atomic E-state index is 13.3. The Bertz CT molecular complexity index is 1040. The lowest BCUT2D eigenvalue weighted by molar-refractivity contribution is -0.108. The number of carbonyl (C=O) groups excluding carboxylic acids is 2. The quantitative estimate of drug-likeness (QED) is 0.460. The summed E-state index contributed by atoms with van der Waals surface area (Å²) in [4.78, 5) is 22.5. The molecule has 0 aliphatic heterocycles. The van der Waals surface area contributed by atoms with Gasteiger partial charge in [0.1, 0.15) is 22.5 Å². The molecule has 0 aromatic heterocycles. The van der Waals surface area contributed by atoms with Gasteiger partial charge >= 0.3 is 6.03 Å². The highest BCUT2D eigenvalue weighted by Crippen LogP contribution is 2.24. The molecular weight excluding hydrogens is 426 g/mol. The van der Waals surface area contributed by atoms with Crippen molar-refractivity contribution in [3.63, 3.8) is 0 Å². The van der Waals surface area contributed by atoms with E-state index in [1.165, 1.54) is 0 Å². The van der Waals surface area contributed by atoms with E-state index in [1.807, 2.05) is 66.8 Å². The molecule has 0 fully saturated rings. The number of urea groups is 1. The van der Waals surface area contributed by atoms with Gasteiger partial charge in [0.05, 0.1) is 4.90 Å². The Balaban J connectivity index is 1.68. The van der Waals surface area contributed by atoms with Crippen LogP contribution >= 0.6 is 0 Å². The van der Waals surface area contributed by atoms with Crippen LogP contribution in [-0.2, 0) is 22.3 Å². The zero-order valence-electron chi connectivity index (χ0n) is 17.7. The molecule has 32 heavy (non-hydrogen) atoms. The summed E-state index contributed by atoms with van der Waals surface area (Å²) in [6, 6.07) is 23.9. The molecule has 0 spiro atoms. The summed E-state index contributed by atoms with van der Waals surface area (Å²) >= 11 is 0. The highest BCUT2D eigenvalue weighted by atomic mass is 32.2. The first-order valence-electron chi connectivity index (χ1n) is 10.1. The molecule has 7 nitrogen and oxygen atoms in total. The number of hydrogen-bond acceptors (Lipinski definition) is 4. The van der Waals surface area contributed by atoms with Gasteiger partial charge in [0, 0.05) is 19.6 Å². The fourth-order valence-corrected chi connectivity index (χ4v) is 4.11. The summed E-state index contributed by atoms with van der Waals surface area (Å²) in [5, 5.41) is 4.59. The molecule has 3 aromatic carbocycles. The minimum Gasteiger partial charge on any atom is -0.457 e. The zero-order chi connectivity index (χ0) is 22.8. The van der Waals surface area contributed by atoms with Crippen LogP contribution in [0.5, 0.6) is 11.5 Å². The van der Waals surface area contributed by atoms with Gasteiger partial charge in [0.2, 0.25) is 6.41 Å². The molecule has 0 saturated heterocycles. The van der Waals surface area contributed by atoms with Crippen LogP contribution in [0.15, 0.2) is 83.8 Å². The standard InChI is InChI=1S/C24H25N3O4S/c1-19-7-9-21(10-8-19)31-22-11-13-23(14-12-22)32(30)27(16-15-25-24(29)26-18-28)17-20-5-3-2-4-6-20/h2-14,18H,15-17H2,1H3,(H2,25,26,28,29). The van der Waals surface area contributed by atoms with E-state index < -0.39 is 17.0 Å². The second kappa shape index (κ2) is 11.8. The monoisotopic (exact) mass is 451 g/mol. The second-order valence-electron chi connectivity index (χ2n) is 7.00. The topological polar surface area (TPSA) is 87.7 Å². The number of nitrogens with one attached hydrogen (secondary N) is 2. The van der Waals surface area contributed by atoms with Gasteiger partial charge in [-0.15, -0.1) is 0 Å². The third kappa shape index (κ3) is 7.04. The number of amides is 3. The van der Waals surface area contributed by atoms with Crippen molar-refractivity contribution in [3.8, 4) is 11.5 Å². The van der Waals surface area contributed by atoms with Crippen LogP contribution in [0.25, 0.3) is 0 Å². The Morgan fingerprint density at radius 1 is 0.969 bits per heavy atom. The molecule has 3 aromatic rings. The van der Waals surface area contributed by atoms with Crippen LogP contribution < -0.4 is 15.4 Å². The van der Waals surface area contributed by atoms with E-state index in [-0.39, 0.29) is 6.54 Å². The molecular formula is C24H25N3O4S. The summed E-state index contributed by atoms with van der Waals surface area (Å²) in [5.41, 5.74) is 2.15. The molecule has 1 atom stereocenters. The van der Waals surface area contributed by atoms with Crippen LogP contribution in [0, 0.1) is 6.92 Å². The molecule has 1 unspecified atom stereocenters. The van der Waals surface area contributed by atoms with Crippen molar-refractivity contribution in [3.05, 3.63) is 90.0 Å². The Hall–Kier alpha value is -3.49. The van der Waals surface area contributed by atoms with Crippen molar-refractivity contribution in [2.24, 2.45) is 0 Å². The number of aryl methyl sites for hydroxylation is 1. The van der Waals surface area contributed by atoms with Crippen molar-refractivity contribution < 1.29 is 18.5 Å². The summed E-state index contributed by atoms with van der Waals surface area (Å²) in [5.74, 6) is 1.38. The lowest BCUT2D eigenvalue weighted by Gasteiger charge is -2.21. The molecule has 8 heteroatoms. The van der Waals surface area contributed by atoms with Crippen molar-refractivity contribution >= 4 is 23.4 Å². The van der Waals surface area contributed by atoms with Gasteiger partial charge in [-0.2, -0.15) is 0 Å². The van der Waals surface area contributed by atoms with E-state index in [0.29, 0.717) is 30.1 Å². The minimum atomic E-state index is -1.46. The zero-order valence-corrected chi connectivity index (χ0v) is 18.5. The van der Waals surface area contributed by atoms with Gasteiger partial charge in [-0.05, 0) is 48.9 Å². The first-order valence-corrected chi connectivity index (χ1v) is 11.2. The number of imide groups is 1. The maximum absolute atomic E-state index is 13.3. The molecule has 0 saturated carbocycles. The predicted octanol–water partition coefficient (Wildman–Crippen LogP) is 3.77. The number of nitrogens with zero attached hydrogens (tertiary/aromatic N) is 1. The van der Waals surface area contributed by atoms with Gasteiger partial charge < -0.3 is 10.1 Å². The van der Waals surface area contributed by atoms with Gasteiger partial charge in [-0.3, -0.25) is 10.1 Å². The SMILES string of the molecule is Cc1ccc(Oc2ccc(S(=O)N(CCNC(=O)NC=O)Cc3ccccc3)cc2)cc1. The van der Waals surface area contributed by atoms with Crippen molar-refractivity contribution in [1.29, 1.82) is 0 Å². The third-order valence-electron chi connectivity index (χ3n) is 4.56. The van der Waals surface area contributed by atoms with Gasteiger partial charge in [0.25, 0.3) is 0 Å². The Kier molecular flexibility index (Phi) is 8.53. The average Bonchev–Trinajstić information content (AvgIpc) is 2.81. The highest BCUT2D eigenvalue weighted by molar-refractivity contribution is 7.82. The maximum Gasteiger partial charge on any atom is 0.321 e. The molecule has 0 radical (unpaired) electrons. The molecule has 3 rings (SSSR count). The largest absolute Gasteiger partial charge is 0.457 e. The van der Waals surface area contributed by atoms with Crippen molar-refractivity contribution in [2.75, 3.05) is 13.1 Å². The number of carbonyl (C=O) groups is 2. The van der Waals surface area contributed by atoms with Gasteiger partial charge in [0.15, 0.2) is 0 Å². The second-order valence-corrected chi connectivity index (χ2v) is 8.49. The van der Waals surface area contributed by atoms with Gasteiger partial charge in [-0.25, -0.2) is 13.3 Å². The van der Waals surface area contributed by atoms with Crippen LogP contribution in [0.3, 0.4) is 0 Å². The van der Waals surface area contributed by atoms with Crippen LogP contribution in [0.2, 0.25) is 0 Å². The Morgan fingerprint density at radius 3 is 2.22 bits per heavy atom. The number of ether oxygens (including phenoxy) is 1. The van der Waals surface area contributed by atoms with E-state index in [9.17, 15) is 13.8 Å². The van der Waals surface area contributed by atoms with Crippen LogP contribution in [0.4, 0.5) is 4.79 Å². The van der Waals surface area contributed by atoms with Crippen molar-refractivity contribution in [2.45, 2.75) is 18.4 Å². The van der Waals surface area contributed by atoms with Crippen LogP contribution in [-0.4, -0.2) is 34.0 Å². The van der Waals surface area contributed by atoms with E-state index in [1.54, 1.807) is 28.6 Å². The summed E-state index contributed by atoms with van der Waals surface area (Å²) in [6.45, 7) is 3.01. The minimum absolute atomic E-state index is 0.229. The molecule has 0 bridgehead atoms. The fourth-order valence-electron chi connectivity index (χ4n) is 2.92. The number of hydrogen-bond donors (Lipinski definition) is 2. The van der Waals surface area contributed by atoms with Crippen LogP contribution in [0.1, 0.15) is 11.1 Å². The first kappa shape index (κ1) is 23.2. The molecule has 0 heterocycles. The van der Waals surface area contributed by atoms with E-state index in [4.69, 9.17) is 4.74 Å². The Labute approximate surface area is 190 Å². The fraction of sp³-hybridized carbons (Fsp3) is 0.167. The van der Waals surface area contributed by atoms with E-state index >= 15 is 0 Å². The highest BCUT2D eigenvalue weighted by Gasteiger charge is 2.16. The lowest BCUT2D eigenvalue weighted by atomic mass is 10.2. The summed E-state index contributed by atoms with van der Waals surface area (Å²) in [7, 11) is -1.46. The number of rotatable bonds is 10. The molecule has 3 amide bonds. The first-order chi connectivity index (χ1) is 15.5. The third-order valence-corrected chi connectivity index (χ3v) is 6.01. The predicted molar refractivity (Wildman–Crippen MR) is 124 cm³/mol. The summed E-state index contributed by atoms with van der Waals surface area (Å²) < 4.78 is 20.9. The van der Waals surface area contributed by atoms with Crippen molar-refractivity contribution in [1.82, 2.24) is 14.9 Å². The molecule has 0 aliphatic carbocycles. The summed E-state index contributed by atoms with van der Waals surface area (Å²) in [6.07, 6.45) is 0.315. The Morgan fingerprint density at radius 2 is 1.59 bits per heavy atom. The average molecular weight is 452 g/mol. The molecule has 0 aliphatic rings. The molecule has 166 valence electrons. The normalized spacial score (nSPS) is 11.6. The van der Waals surface area contributed by atoms with Gasteiger partial charge in [-0.1, -0.05) is 48.0 Å². The molecule has 2 N–H and O–H groups in total. The smallest absolute Gasteiger partial charge is 0.321 e. The van der Waals surface area contributed by atoms with E-state index in [2.05, 4.69) is 5.32 Å². The lowest BCUT2D eigenvalue weighted by Crippen LogP contribution is -2.40. The van der Waals surface area contributed by atoms with E-state index in [0.717, 1.165) is 16.9 Å². The number of benzene rings is 3.